The van der Waals surface area contributed by atoms with Gasteiger partial charge in [0.1, 0.15) is 23.8 Å². The molecule has 3 rings (SSSR count). The van der Waals surface area contributed by atoms with Crippen LogP contribution in [0.4, 0.5) is 27.4 Å². The molecular formula is C18H17FN4. The Balaban J connectivity index is 1.78. The van der Waals surface area contributed by atoms with Crippen LogP contribution >= 0.6 is 0 Å². The number of halogens is 1. The molecule has 2 N–H and O–H groups in total. The van der Waals surface area contributed by atoms with Gasteiger partial charge in [0.05, 0.1) is 0 Å². The van der Waals surface area contributed by atoms with Crippen molar-refractivity contribution in [2.75, 3.05) is 10.6 Å². The predicted molar refractivity (Wildman–Crippen MR) is 90.9 cm³/mol. The second-order valence-corrected chi connectivity index (χ2v) is 5.35. The molecule has 4 nitrogen and oxygen atoms in total. The highest BCUT2D eigenvalue weighted by Gasteiger charge is 2.02. The van der Waals surface area contributed by atoms with Crippen molar-refractivity contribution in [2.24, 2.45) is 0 Å². The summed E-state index contributed by atoms with van der Waals surface area (Å²) in [5.41, 5.74) is 4.05. The minimum atomic E-state index is -0.294. The van der Waals surface area contributed by atoms with E-state index in [-0.39, 0.29) is 5.82 Å². The molecule has 5 heteroatoms. The van der Waals surface area contributed by atoms with E-state index in [0.29, 0.717) is 17.3 Å². The zero-order valence-corrected chi connectivity index (χ0v) is 13.0. The summed E-state index contributed by atoms with van der Waals surface area (Å²) in [6.07, 6.45) is 1.46. The second kappa shape index (κ2) is 6.44. The molecule has 0 aliphatic carbocycles. The molecule has 23 heavy (non-hydrogen) atoms. The molecule has 0 saturated carbocycles. The molecule has 0 spiro atoms. The summed E-state index contributed by atoms with van der Waals surface area (Å²) >= 11 is 0. The molecule has 0 atom stereocenters. The Morgan fingerprint density at radius 2 is 1.48 bits per heavy atom. The number of anilines is 4. The molecule has 0 aliphatic rings. The van der Waals surface area contributed by atoms with Crippen molar-refractivity contribution in [2.45, 2.75) is 13.8 Å². The molecule has 0 amide bonds. The molecule has 0 fully saturated rings. The number of benzene rings is 2. The molecular weight excluding hydrogens is 291 g/mol. The zero-order chi connectivity index (χ0) is 16.2. The van der Waals surface area contributed by atoms with Gasteiger partial charge in [-0.15, -0.1) is 0 Å². The van der Waals surface area contributed by atoms with Gasteiger partial charge in [-0.1, -0.05) is 12.1 Å². The van der Waals surface area contributed by atoms with Crippen LogP contribution in [0.3, 0.4) is 0 Å². The van der Waals surface area contributed by atoms with E-state index in [2.05, 4.69) is 46.6 Å². The van der Waals surface area contributed by atoms with E-state index in [0.717, 1.165) is 5.69 Å². The summed E-state index contributed by atoms with van der Waals surface area (Å²) in [5.74, 6) is 0.969. The van der Waals surface area contributed by atoms with Gasteiger partial charge in [-0.3, -0.25) is 0 Å². The highest BCUT2D eigenvalue weighted by molar-refractivity contribution is 5.63. The third-order valence-corrected chi connectivity index (χ3v) is 3.54. The standard InChI is InChI=1S/C18H17FN4/c1-12-6-7-16(8-13(12)2)23-18-10-17(20-11-21-18)22-15-5-3-4-14(19)9-15/h3-11H,1-2H3,(H2,20,21,22,23). The fourth-order valence-corrected chi connectivity index (χ4v) is 2.18. The smallest absolute Gasteiger partial charge is 0.135 e. The fraction of sp³-hybridized carbons (Fsp3) is 0.111. The lowest BCUT2D eigenvalue weighted by Gasteiger charge is -2.10. The Bertz CT molecular complexity index is 833. The summed E-state index contributed by atoms with van der Waals surface area (Å²) in [4.78, 5) is 8.36. The monoisotopic (exact) mass is 308 g/mol. The van der Waals surface area contributed by atoms with Crippen molar-refractivity contribution < 1.29 is 4.39 Å². The number of aromatic nitrogens is 2. The molecule has 1 heterocycles. The van der Waals surface area contributed by atoms with Crippen molar-refractivity contribution in [1.29, 1.82) is 0 Å². The number of hydrogen-bond donors (Lipinski definition) is 2. The van der Waals surface area contributed by atoms with Crippen molar-refractivity contribution in [3.63, 3.8) is 0 Å². The summed E-state index contributed by atoms with van der Waals surface area (Å²) < 4.78 is 13.2. The average molecular weight is 308 g/mol. The van der Waals surface area contributed by atoms with Crippen molar-refractivity contribution in [3.05, 3.63) is 71.8 Å². The van der Waals surface area contributed by atoms with Crippen LogP contribution in [0.2, 0.25) is 0 Å². The van der Waals surface area contributed by atoms with Gasteiger partial charge in [0.15, 0.2) is 0 Å². The van der Waals surface area contributed by atoms with E-state index >= 15 is 0 Å². The summed E-state index contributed by atoms with van der Waals surface area (Å²) in [5, 5.41) is 6.30. The molecule has 0 aliphatic heterocycles. The quantitative estimate of drug-likeness (QED) is 0.732. The molecule has 0 saturated heterocycles. The average Bonchev–Trinajstić information content (AvgIpc) is 2.51. The van der Waals surface area contributed by atoms with Crippen molar-refractivity contribution in [1.82, 2.24) is 9.97 Å². The van der Waals surface area contributed by atoms with Crippen LogP contribution in [0.15, 0.2) is 54.9 Å². The Morgan fingerprint density at radius 3 is 2.13 bits per heavy atom. The molecule has 116 valence electrons. The van der Waals surface area contributed by atoms with E-state index in [4.69, 9.17) is 0 Å². The summed E-state index contributed by atoms with van der Waals surface area (Å²) in [7, 11) is 0. The first kappa shape index (κ1) is 15.0. The van der Waals surface area contributed by atoms with Crippen molar-refractivity contribution in [3.8, 4) is 0 Å². The van der Waals surface area contributed by atoms with E-state index < -0.39 is 0 Å². The van der Waals surface area contributed by atoms with Crippen LogP contribution in [-0.2, 0) is 0 Å². The van der Waals surface area contributed by atoms with Gasteiger partial charge >= 0.3 is 0 Å². The van der Waals surface area contributed by atoms with E-state index in [1.807, 2.05) is 6.07 Å². The van der Waals surface area contributed by atoms with Crippen molar-refractivity contribution >= 4 is 23.0 Å². The SMILES string of the molecule is Cc1ccc(Nc2cc(Nc3cccc(F)c3)ncn2)cc1C. The number of rotatable bonds is 4. The summed E-state index contributed by atoms with van der Waals surface area (Å²) in [6, 6.07) is 14.2. The van der Waals surface area contributed by atoms with Crippen LogP contribution in [0.25, 0.3) is 0 Å². The van der Waals surface area contributed by atoms with Gasteiger partial charge in [-0.2, -0.15) is 0 Å². The van der Waals surface area contributed by atoms with Crippen LogP contribution in [0.1, 0.15) is 11.1 Å². The highest BCUT2D eigenvalue weighted by atomic mass is 19.1. The minimum absolute atomic E-state index is 0.294. The largest absolute Gasteiger partial charge is 0.340 e. The normalized spacial score (nSPS) is 10.4. The maximum atomic E-state index is 13.2. The maximum Gasteiger partial charge on any atom is 0.135 e. The topological polar surface area (TPSA) is 49.8 Å². The molecule has 0 radical (unpaired) electrons. The lowest BCUT2D eigenvalue weighted by molar-refractivity contribution is 0.628. The van der Waals surface area contributed by atoms with Gasteiger partial charge in [0.25, 0.3) is 0 Å². The van der Waals surface area contributed by atoms with Gasteiger partial charge in [0, 0.05) is 17.4 Å². The van der Waals surface area contributed by atoms with Crippen LogP contribution < -0.4 is 10.6 Å². The van der Waals surface area contributed by atoms with Gasteiger partial charge in [-0.25, -0.2) is 14.4 Å². The first-order valence-electron chi connectivity index (χ1n) is 7.29. The van der Waals surface area contributed by atoms with Crippen LogP contribution in [0.5, 0.6) is 0 Å². The van der Waals surface area contributed by atoms with Crippen LogP contribution in [0, 0.1) is 19.7 Å². The molecule has 0 unspecified atom stereocenters. The third-order valence-electron chi connectivity index (χ3n) is 3.54. The number of nitrogens with one attached hydrogen (secondary N) is 2. The Hall–Kier alpha value is -2.95. The van der Waals surface area contributed by atoms with Crippen LogP contribution in [-0.4, -0.2) is 9.97 Å². The maximum absolute atomic E-state index is 13.2. The predicted octanol–water partition coefficient (Wildman–Crippen LogP) is 4.72. The number of nitrogens with zero attached hydrogens (tertiary/aromatic N) is 2. The number of aryl methyl sites for hydroxylation is 2. The van der Waals surface area contributed by atoms with Gasteiger partial charge in [-0.05, 0) is 55.3 Å². The first-order valence-corrected chi connectivity index (χ1v) is 7.29. The lowest BCUT2D eigenvalue weighted by Crippen LogP contribution is -1.99. The van der Waals surface area contributed by atoms with E-state index in [9.17, 15) is 4.39 Å². The molecule has 1 aromatic heterocycles. The molecule has 2 aromatic carbocycles. The molecule has 0 bridgehead atoms. The van der Waals surface area contributed by atoms with E-state index in [1.54, 1.807) is 18.2 Å². The summed E-state index contributed by atoms with van der Waals surface area (Å²) in [6.45, 7) is 4.14. The number of hydrogen-bond acceptors (Lipinski definition) is 4. The Labute approximate surface area is 134 Å². The Morgan fingerprint density at radius 1 is 0.783 bits per heavy atom. The third kappa shape index (κ3) is 3.83. The minimum Gasteiger partial charge on any atom is -0.340 e. The van der Waals surface area contributed by atoms with E-state index in [1.165, 1.54) is 29.6 Å². The fourth-order valence-electron chi connectivity index (χ4n) is 2.18. The Kier molecular flexibility index (Phi) is 4.19. The lowest BCUT2D eigenvalue weighted by atomic mass is 10.1. The molecule has 3 aromatic rings. The second-order valence-electron chi connectivity index (χ2n) is 5.35. The highest BCUT2D eigenvalue weighted by Crippen LogP contribution is 2.21. The zero-order valence-electron chi connectivity index (χ0n) is 13.0. The van der Waals surface area contributed by atoms with Gasteiger partial charge < -0.3 is 10.6 Å². The first-order chi connectivity index (χ1) is 11.1. The van der Waals surface area contributed by atoms with Gasteiger partial charge in [0.2, 0.25) is 0 Å².